The SMILES string of the molecule is CC(C)N(C)S(=O)(=O)NC[C@@H](NS(=O)(=O)N(C)C(C)C)[C@@H](C)c1ccccc1. The molecule has 2 atom stereocenters. The fourth-order valence-corrected chi connectivity index (χ4v) is 4.98. The molecule has 0 fully saturated rings. The molecule has 8 nitrogen and oxygen atoms in total. The monoisotopic (exact) mass is 434 g/mol. The summed E-state index contributed by atoms with van der Waals surface area (Å²) in [4.78, 5) is 0. The molecule has 1 aromatic rings. The molecule has 0 aromatic heterocycles. The average molecular weight is 435 g/mol. The summed E-state index contributed by atoms with van der Waals surface area (Å²) in [6.45, 7) is 8.89. The van der Waals surface area contributed by atoms with Crippen molar-refractivity contribution in [3.8, 4) is 0 Å². The van der Waals surface area contributed by atoms with Crippen molar-refractivity contribution in [2.75, 3.05) is 20.6 Å². The highest BCUT2D eigenvalue weighted by Gasteiger charge is 2.30. The minimum Gasteiger partial charge on any atom is -0.200 e. The first-order valence-corrected chi connectivity index (χ1v) is 12.2. The molecule has 0 spiro atoms. The quantitative estimate of drug-likeness (QED) is 0.551. The van der Waals surface area contributed by atoms with Crippen LogP contribution in [0.4, 0.5) is 0 Å². The maximum atomic E-state index is 12.7. The maximum Gasteiger partial charge on any atom is 0.279 e. The van der Waals surface area contributed by atoms with Gasteiger partial charge < -0.3 is 0 Å². The van der Waals surface area contributed by atoms with Crippen LogP contribution in [0.1, 0.15) is 46.1 Å². The molecule has 0 radical (unpaired) electrons. The normalized spacial score (nSPS) is 15.5. The summed E-state index contributed by atoms with van der Waals surface area (Å²) in [5.74, 6) is -0.247. The second-order valence-corrected chi connectivity index (χ2v) is 11.1. The van der Waals surface area contributed by atoms with Gasteiger partial charge in [-0.3, -0.25) is 0 Å². The van der Waals surface area contributed by atoms with Crippen LogP contribution in [0.25, 0.3) is 0 Å². The Morgan fingerprint density at radius 3 is 1.75 bits per heavy atom. The fraction of sp³-hybridized carbons (Fsp3) is 0.667. The van der Waals surface area contributed by atoms with Gasteiger partial charge >= 0.3 is 0 Å². The van der Waals surface area contributed by atoms with Crippen LogP contribution in [0.15, 0.2) is 30.3 Å². The van der Waals surface area contributed by atoms with Crippen molar-refractivity contribution in [3.63, 3.8) is 0 Å². The summed E-state index contributed by atoms with van der Waals surface area (Å²) in [5.41, 5.74) is 0.916. The Kier molecular flexibility index (Phi) is 9.04. The highest BCUT2D eigenvalue weighted by molar-refractivity contribution is 7.87. The lowest BCUT2D eigenvalue weighted by Crippen LogP contribution is -2.53. The second-order valence-electron chi connectivity index (χ2n) is 7.50. The first-order valence-electron chi connectivity index (χ1n) is 9.32. The van der Waals surface area contributed by atoms with Crippen LogP contribution >= 0.6 is 0 Å². The van der Waals surface area contributed by atoms with Gasteiger partial charge in [0, 0.05) is 38.8 Å². The van der Waals surface area contributed by atoms with Crippen molar-refractivity contribution in [1.29, 1.82) is 0 Å². The van der Waals surface area contributed by atoms with Gasteiger partial charge in [0.15, 0.2) is 0 Å². The molecular weight excluding hydrogens is 400 g/mol. The van der Waals surface area contributed by atoms with Crippen molar-refractivity contribution in [1.82, 2.24) is 18.1 Å². The Labute approximate surface area is 170 Å². The zero-order valence-corrected chi connectivity index (χ0v) is 19.4. The molecular formula is C18H34N4O4S2. The number of hydrogen-bond acceptors (Lipinski definition) is 4. The number of rotatable bonds is 11. The van der Waals surface area contributed by atoms with E-state index < -0.39 is 26.5 Å². The molecule has 0 saturated heterocycles. The molecule has 0 heterocycles. The Hall–Kier alpha value is -1.04. The van der Waals surface area contributed by atoms with E-state index in [-0.39, 0.29) is 24.5 Å². The third-order valence-corrected chi connectivity index (χ3v) is 8.42. The predicted octanol–water partition coefficient (Wildman–Crippen LogP) is 1.51. The topological polar surface area (TPSA) is 98.8 Å². The summed E-state index contributed by atoms with van der Waals surface area (Å²) >= 11 is 0. The van der Waals surface area contributed by atoms with Crippen molar-refractivity contribution < 1.29 is 16.8 Å². The van der Waals surface area contributed by atoms with Crippen molar-refractivity contribution in [3.05, 3.63) is 35.9 Å². The number of nitrogens with zero attached hydrogens (tertiary/aromatic N) is 2. The molecule has 2 N–H and O–H groups in total. The predicted molar refractivity (Wildman–Crippen MR) is 113 cm³/mol. The minimum atomic E-state index is -3.78. The average Bonchev–Trinajstić information content (AvgIpc) is 2.63. The number of benzene rings is 1. The Morgan fingerprint density at radius 2 is 1.29 bits per heavy atom. The minimum absolute atomic E-state index is 0.0688. The molecule has 0 aliphatic carbocycles. The standard InChI is InChI=1S/C18H34N4O4S2/c1-14(2)21(6)27(23,24)19-13-18(16(5)17-11-9-8-10-12-17)20-28(25,26)22(7)15(3)4/h8-12,14-16,18-20H,13H2,1-7H3/t16-,18+/m0/s1. The lowest BCUT2D eigenvalue weighted by Gasteiger charge is -2.30. The lowest BCUT2D eigenvalue weighted by atomic mass is 9.94. The molecule has 162 valence electrons. The smallest absolute Gasteiger partial charge is 0.200 e. The van der Waals surface area contributed by atoms with E-state index in [1.807, 2.05) is 37.3 Å². The first kappa shape index (κ1) is 25.0. The van der Waals surface area contributed by atoms with E-state index >= 15 is 0 Å². The molecule has 10 heteroatoms. The van der Waals surface area contributed by atoms with Gasteiger partial charge in [-0.2, -0.15) is 30.2 Å². The van der Waals surface area contributed by atoms with Crippen molar-refractivity contribution in [2.24, 2.45) is 0 Å². The molecule has 0 aliphatic rings. The zero-order chi connectivity index (χ0) is 21.7. The van der Waals surface area contributed by atoms with E-state index in [1.54, 1.807) is 27.7 Å². The highest BCUT2D eigenvalue weighted by Crippen LogP contribution is 2.20. The molecule has 0 unspecified atom stereocenters. The van der Waals surface area contributed by atoms with E-state index in [2.05, 4.69) is 9.44 Å². The van der Waals surface area contributed by atoms with Crippen LogP contribution in [-0.2, 0) is 20.4 Å². The maximum absolute atomic E-state index is 12.7. The fourth-order valence-electron chi connectivity index (χ4n) is 2.44. The summed E-state index contributed by atoms with van der Waals surface area (Å²) in [7, 11) is -4.53. The summed E-state index contributed by atoms with van der Waals surface area (Å²) in [6.07, 6.45) is 0. The zero-order valence-electron chi connectivity index (χ0n) is 17.7. The largest absolute Gasteiger partial charge is 0.279 e. The van der Waals surface area contributed by atoms with Crippen LogP contribution in [0.5, 0.6) is 0 Å². The van der Waals surface area contributed by atoms with Crippen LogP contribution in [-0.4, -0.2) is 64.2 Å². The van der Waals surface area contributed by atoms with Gasteiger partial charge in [-0.05, 0) is 39.2 Å². The van der Waals surface area contributed by atoms with Crippen LogP contribution in [0, 0.1) is 0 Å². The van der Waals surface area contributed by atoms with E-state index in [1.165, 1.54) is 22.7 Å². The highest BCUT2D eigenvalue weighted by atomic mass is 32.2. The molecule has 28 heavy (non-hydrogen) atoms. The Balaban J connectivity index is 3.12. The number of hydrogen-bond donors (Lipinski definition) is 2. The van der Waals surface area contributed by atoms with Gasteiger partial charge in [0.25, 0.3) is 20.4 Å². The third kappa shape index (κ3) is 6.78. The van der Waals surface area contributed by atoms with E-state index in [4.69, 9.17) is 0 Å². The van der Waals surface area contributed by atoms with Gasteiger partial charge in [-0.15, -0.1) is 0 Å². The molecule has 0 amide bonds. The third-order valence-electron chi connectivity index (χ3n) is 4.93. The number of nitrogens with one attached hydrogen (secondary N) is 2. The second kappa shape index (κ2) is 10.1. The summed E-state index contributed by atoms with van der Waals surface area (Å²) in [6, 6.07) is 8.30. The summed E-state index contributed by atoms with van der Waals surface area (Å²) in [5, 5.41) is 0. The van der Waals surface area contributed by atoms with Gasteiger partial charge in [0.2, 0.25) is 0 Å². The van der Waals surface area contributed by atoms with E-state index in [0.29, 0.717) is 0 Å². The van der Waals surface area contributed by atoms with E-state index in [0.717, 1.165) is 5.56 Å². The first-order chi connectivity index (χ1) is 12.8. The van der Waals surface area contributed by atoms with Crippen LogP contribution < -0.4 is 9.44 Å². The van der Waals surface area contributed by atoms with Crippen LogP contribution in [0.3, 0.4) is 0 Å². The molecule has 1 rings (SSSR count). The van der Waals surface area contributed by atoms with Crippen molar-refractivity contribution >= 4 is 20.4 Å². The van der Waals surface area contributed by atoms with Gasteiger partial charge in [0.05, 0.1) is 0 Å². The molecule has 0 bridgehead atoms. The van der Waals surface area contributed by atoms with Crippen molar-refractivity contribution in [2.45, 2.75) is 58.7 Å². The van der Waals surface area contributed by atoms with E-state index in [9.17, 15) is 16.8 Å². The molecule has 1 aromatic carbocycles. The van der Waals surface area contributed by atoms with Gasteiger partial charge in [-0.1, -0.05) is 37.3 Å². The summed E-state index contributed by atoms with van der Waals surface area (Å²) < 4.78 is 58.0. The lowest BCUT2D eigenvalue weighted by molar-refractivity contribution is 0.381. The Bertz CT molecular complexity index is 811. The molecule has 0 aliphatic heterocycles. The Morgan fingerprint density at radius 1 is 0.821 bits per heavy atom. The van der Waals surface area contributed by atoms with Crippen LogP contribution in [0.2, 0.25) is 0 Å². The molecule has 0 saturated carbocycles. The van der Waals surface area contributed by atoms with Gasteiger partial charge in [0.1, 0.15) is 0 Å². The van der Waals surface area contributed by atoms with Gasteiger partial charge in [-0.25, -0.2) is 4.72 Å².